The first kappa shape index (κ1) is 20.0. The molecule has 1 amide bonds. The predicted octanol–water partition coefficient (Wildman–Crippen LogP) is 4.96. The summed E-state index contributed by atoms with van der Waals surface area (Å²) in [6.45, 7) is 3.88. The lowest BCUT2D eigenvalue weighted by atomic mass is 10.1. The Kier molecular flexibility index (Phi) is 8.94. The van der Waals surface area contributed by atoms with Crippen LogP contribution in [0.5, 0.6) is 0 Å². The standard InChI is InChI=1S/C18H24ClNO4/c1-4-5-6-7-8-13(2)16(17(21)23-3)24-18(22)20-15-11-9-14(19)10-12-15/h8-12,16H,4-7H2,1-3H3,(H,20,22). The van der Waals surface area contributed by atoms with E-state index in [4.69, 9.17) is 21.1 Å². The highest BCUT2D eigenvalue weighted by Crippen LogP contribution is 2.16. The molecule has 0 bridgehead atoms. The molecule has 1 aromatic rings. The molecule has 0 aliphatic rings. The summed E-state index contributed by atoms with van der Waals surface area (Å²) >= 11 is 5.79. The van der Waals surface area contributed by atoms with Crippen molar-refractivity contribution in [3.63, 3.8) is 0 Å². The Bertz CT molecular complexity index is 569. The Hall–Kier alpha value is -2.01. The van der Waals surface area contributed by atoms with Crippen LogP contribution in [0, 0.1) is 0 Å². The maximum absolute atomic E-state index is 12.0. The third kappa shape index (κ3) is 7.04. The number of carbonyl (C=O) groups excluding carboxylic acids is 2. The van der Waals surface area contributed by atoms with E-state index in [-0.39, 0.29) is 0 Å². The van der Waals surface area contributed by atoms with Crippen LogP contribution in [0.2, 0.25) is 5.02 Å². The number of esters is 1. The summed E-state index contributed by atoms with van der Waals surface area (Å²) in [4.78, 5) is 23.9. The Morgan fingerprint density at radius 1 is 1.25 bits per heavy atom. The number of rotatable bonds is 8. The Morgan fingerprint density at radius 2 is 1.92 bits per heavy atom. The number of carbonyl (C=O) groups is 2. The zero-order valence-corrected chi connectivity index (χ0v) is 15.1. The molecule has 24 heavy (non-hydrogen) atoms. The molecule has 0 radical (unpaired) electrons. The predicted molar refractivity (Wildman–Crippen MR) is 95.3 cm³/mol. The lowest BCUT2D eigenvalue weighted by molar-refractivity contribution is -0.148. The fourth-order valence-corrected chi connectivity index (χ4v) is 2.18. The van der Waals surface area contributed by atoms with E-state index < -0.39 is 18.2 Å². The van der Waals surface area contributed by atoms with E-state index in [2.05, 4.69) is 12.2 Å². The number of hydrogen-bond acceptors (Lipinski definition) is 4. The summed E-state index contributed by atoms with van der Waals surface area (Å²) in [5, 5.41) is 3.12. The van der Waals surface area contributed by atoms with Crippen LogP contribution in [0.3, 0.4) is 0 Å². The third-order valence-corrected chi connectivity index (χ3v) is 3.67. The normalized spacial score (nSPS) is 12.4. The van der Waals surface area contributed by atoms with Gasteiger partial charge in [-0.2, -0.15) is 0 Å². The van der Waals surface area contributed by atoms with Crippen molar-refractivity contribution in [1.82, 2.24) is 0 Å². The minimum Gasteiger partial charge on any atom is -0.466 e. The number of halogens is 1. The van der Waals surface area contributed by atoms with Gasteiger partial charge in [-0.15, -0.1) is 0 Å². The number of allylic oxidation sites excluding steroid dienone is 1. The van der Waals surface area contributed by atoms with Gasteiger partial charge in [0.2, 0.25) is 6.10 Å². The Labute approximate surface area is 148 Å². The van der Waals surface area contributed by atoms with Crippen LogP contribution < -0.4 is 5.32 Å². The summed E-state index contributed by atoms with van der Waals surface area (Å²) in [5.41, 5.74) is 1.18. The van der Waals surface area contributed by atoms with Crippen molar-refractivity contribution >= 4 is 29.4 Å². The average Bonchev–Trinajstić information content (AvgIpc) is 2.57. The van der Waals surface area contributed by atoms with Gasteiger partial charge in [0.15, 0.2) is 0 Å². The molecule has 0 heterocycles. The number of hydrogen-bond donors (Lipinski definition) is 1. The highest BCUT2D eigenvalue weighted by Gasteiger charge is 2.25. The number of ether oxygens (including phenoxy) is 2. The van der Waals surface area contributed by atoms with Gasteiger partial charge in [0.1, 0.15) is 0 Å². The fourth-order valence-electron chi connectivity index (χ4n) is 2.05. The third-order valence-electron chi connectivity index (χ3n) is 3.42. The highest BCUT2D eigenvalue weighted by molar-refractivity contribution is 6.30. The molecular formula is C18H24ClNO4. The minimum absolute atomic E-state index is 0.526. The second kappa shape index (κ2) is 10.7. The molecule has 1 atom stereocenters. The number of nitrogens with one attached hydrogen (secondary N) is 1. The van der Waals surface area contributed by atoms with Gasteiger partial charge < -0.3 is 9.47 Å². The van der Waals surface area contributed by atoms with Crippen molar-refractivity contribution in [2.45, 2.75) is 45.6 Å². The van der Waals surface area contributed by atoms with E-state index in [0.29, 0.717) is 16.3 Å². The van der Waals surface area contributed by atoms with Crippen molar-refractivity contribution in [1.29, 1.82) is 0 Å². The van der Waals surface area contributed by atoms with Crippen molar-refractivity contribution in [2.75, 3.05) is 12.4 Å². The number of amides is 1. The summed E-state index contributed by atoms with van der Waals surface area (Å²) in [5.74, 6) is -0.606. The number of benzene rings is 1. The lowest BCUT2D eigenvalue weighted by Gasteiger charge is -2.17. The summed E-state index contributed by atoms with van der Waals surface area (Å²) in [7, 11) is 1.26. The van der Waals surface area contributed by atoms with Crippen molar-refractivity contribution in [2.24, 2.45) is 0 Å². The molecule has 0 aromatic heterocycles. The fraction of sp³-hybridized carbons (Fsp3) is 0.444. The summed E-state index contributed by atoms with van der Waals surface area (Å²) < 4.78 is 9.96. The molecule has 0 saturated carbocycles. The quantitative estimate of drug-likeness (QED) is 0.407. The van der Waals surface area contributed by atoms with Gasteiger partial charge >= 0.3 is 12.1 Å². The van der Waals surface area contributed by atoms with Crippen LogP contribution >= 0.6 is 11.6 Å². The van der Waals surface area contributed by atoms with Crippen molar-refractivity contribution < 1.29 is 19.1 Å². The zero-order chi connectivity index (χ0) is 17.9. The molecule has 1 aromatic carbocycles. The molecule has 5 nitrogen and oxygen atoms in total. The number of methoxy groups -OCH3 is 1. The largest absolute Gasteiger partial charge is 0.466 e. The number of anilines is 1. The molecule has 1 N–H and O–H groups in total. The zero-order valence-electron chi connectivity index (χ0n) is 14.3. The highest BCUT2D eigenvalue weighted by atomic mass is 35.5. The maximum Gasteiger partial charge on any atom is 0.412 e. The molecule has 6 heteroatoms. The van der Waals surface area contributed by atoms with E-state index in [1.807, 2.05) is 6.08 Å². The molecule has 0 aliphatic heterocycles. The van der Waals surface area contributed by atoms with Crippen LogP contribution in [0.1, 0.15) is 39.5 Å². The van der Waals surface area contributed by atoms with Gasteiger partial charge in [-0.05, 0) is 49.6 Å². The number of unbranched alkanes of at least 4 members (excludes halogenated alkanes) is 3. The van der Waals surface area contributed by atoms with Gasteiger partial charge in [0, 0.05) is 10.7 Å². The van der Waals surface area contributed by atoms with Crippen LogP contribution in [-0.2, 0) is 14.3 Å². The Morgan fingerprint density at radius 3 is 2.50 bits per heavy atom. The average molecular weight is 354 g/mol. The Balaban J connectivity index is 2.69. The molecular weight excluding hydrogens is 330 g/mol. The van der Waals surface area contributed by atoms with Gasteiger partial charge in [-0.25, -0.2) is 9.59 Å². The second-order valence-electron chi connectivity index (χ2n) is 5.38. The molecule has 0 fully saturated rings. The SMILES string of the molecule is CCCCCC=C(C)C(OC(=O)Nc1ccc(Cl)cc1)C(=O)OC. The van der Waals surface area contributed by atoms with Gasteiger partial charge in [-0.1, -0.05) is 37.4 Å². The van der Waals surface area contributed by atoms with Crippen LogP contribution in [0.15, 0.2) is 35.9 Å². The first-order valence-corrected chi connectivity index (χ1v) is 8.33. The topological polar surface area (TPSA) is 64.6 Å². The minimum atomic E-state index is -1.05. The van der Waals surface area contributed by atoms with Crippen molar-refractivity contribution in [3.05, 3.63) is 40.9 Å². The molecule has 0 aliphatic carbocycles. The van der Waals surface area contributed by atoms with Crippen LogP contribution in [0.25, 0.3) is 0 Å². The van der Waals surface area contributed by atoms with Gasteiger partial charge in [0.25, 0.3) is 0 Å². The van der Waals surface area contributed by atoms with E-state index in [0.717, 1.165) is 25.7 Å². The summed E-state index contributed by atoms with van der Waals surface area (Å²) in [6.07, 6.45) is 4.22. The summed E-state index contributed by atoms with van der Waals surface area (Å²) in [6, 6.07) is 6.58. The second-order valence-corrected chi connectivity index (χ2v) is 5.82. The molecule has 0 saturated heterocycles. The van der Waals surface area contributed by atoms with Crippen molar-refractivity contribution in [3.8, 4) is 0 Å². The van der Waals surface area contributed by atoms with E-state index in [1.165, 1.54) is 7.11 Å². The molecule has 1 unspecified atom stereocenters. The monoisotopic (exact) mass is 353 g/mol. The smallest absolute Gasteiger partial charge is 0.412 e. The van der Waals surface area contributed by atoms with Gasteiger partial charge in [0.05, 0.1) is 7.11 Å². The van der Waals surface area contributed by atoms with Gasteiger partial charge in [-0.3, -0.25) is 5.32 Å². The first-order chi connectivity index (χ1) is 11.5. The lowest BCUT2D eigenvalue weighted by Crippen LogP contribution is -2.31. The van der Waals surface area contributed by atoms with E-state index >= 15 is 0 Å². The first-order valence-electron chi connectivity index (χ1n) is 7.95. The molecule has 0 spiro atoms. The van der Waals surface area contributed by atoms with E-state index in [1.54, 1.807) is 31.2 Å². The molecule has 1 rings (SSSR count). The van der Waals surface area contributed by atoms with Crippen LogP contribution in [-0.4, -0.2) is 25.3 Å². The van der Waals surface area contributed by atoms with E-state index in [9.17, 15) is 9.59 Å². The molecule has 132 valence electrons. The maximum atomic E-state index is 12.0. The van der Waals surface area contributed by atoms with Crippen LogP contribution in [0.4, 0.5) is 10.5 Å².